The molecule has 0 radical (unpaired) electrons. The van der Waals surface area contributed by atoms with E-state index < -0.39 is 0 Å². The highest BCUT2D eigenvalue weighted by Gasteiger charge is 2.20. The molecule has 90 valence electrons. The third kappa shape index (κ3) is 1.63. The van der Waals surface area contributed by atoms with Gasteiger partial charge in [0.2, 0.25) is 0 Å². The third-order valence-electron chi connectivity index (χ3n) is 3.39. The van der Waals surface area contributed by atoms with Crippen LogP contribution in [0.2, 0.25) is 0 Å². The topological polar surface area (TPSA) is 70.0 Å². The molecule has 1 aromatic carbocycles. The highest BCUT2D eigenvalue weighted by Crippen LogP contribution is 2.27. The van der Waals surface area contributed by atoms with Gasteiger partial charge in [-0.05, 0) is 38.1 Å². The van der Waals surface area contributed by atoms with Crippen molar-refractivity contribution < 1.29 is 5.11 Å². The van der Waals surface area contributed by atoms with Crippen LogP contribution in [0.3, 0.4) is 0 Å². The number of nitrogens with one attached hydrogen (secondary N) is 2. The first-order valence-electron chi connectivity index (χ1n) is 5.90. The molecule has 0 aliphatic carbocycles. The lowest BCUT2D eigenvalue weighted by Gasteiger charge is -2.23. The number of benzene rings is 1. The van der Waals surface area contributed by atoms with E-state index in [1.165, 1.54) is 0 Å². The Morgan fingerprint density at radius 3 is 2.82 bits per heavy atom. The summed E-state index contributed by atoms with van der Waals surface area (Å²) in [5.74, 6) is 0.166. The van der Waals surface area contributed by atoms with Crippen molar-refractivity contribution in [2.75, 3.05) is 13.1 Å². The van der Waals surface area contributed by atoms with Gasteiger partial charge >= 0.3 is 5.69 Å². The number of nitrogens with zero attached hydrogens (tertiary/aromatic N) is 1. The molecular weight excluding hydrogens is 218 g/mol. The van der Waals surface area contributed by atoms with Gasteiger partial charge in [0, 0.05) is 6.04 Å². The molecule has 0 spiro atoms. The van der Waals surface area contributed by atoms with Gasteiger partial charge in [0.25, 0.3) is 0 Å². The van der Waals surface area contributed by atoms with Crippen LogP contribution in [0.5, 0.6) is 5.75 Å². The number of phenols is 1. The number of para-hydroxylation sites is 1. The van der Waals surface area contributed by atoms with E-state index >= 15 is 0 Å². The fourth-order valence-corrected chi connectivity index (χ4v) is 2.58. The van der Waals surface area contributed by atoms with E-state index in [4.69, 9.17) is 0 Å². The summed E-state index contributed by atoms with van der Waals surface area (Å²) in [6, 6.07) is 5.34. The molecule has 17 heavy (non-hydrogen) atoms. The van der Waals surface area contributed by atoms with Crippen LogP contribution in [0.1, 0.15) is 18.9 Å². The minimum Gasteiger partial charge on any atom is -0.506 e. The average molecular weight is 233 g/mol. The number of aromatic amines is 1. The lowest BCUT2D eigenvalue weighted by molar-refractivity contribution is 0.365. The molecule has 1 fully saturated rings. The zero-order chi connectivity index (χ0) is 11.8. The predicted octanol–water partition coefficient (Wildman–Crippen LogP) is 0.960. The van der Waals surface area contributed by atoms with Gasteiger partial charge in [-0.15, -0.1) is 0 Å². The number of imidazole rings is 1. The molecule has 0 unspecified atom stereocenters. The van der Waals surface area contributed by atoms with Gasteiger partial charge in [-0.2, -0.15) is 0 Å². The highest BCUT2D eigenvalue weighted by molar-refractivity contribution is 5.81. The standard InChI is InChI=1S/C12H15N3O2/c16-10-3-1-2-9-11(10)15(12(17)14-9)8-4-6-13-7-5-8/h1-3,8,13,16H,4-7H2,(H,14,17). The Hall–Kier alpha value is -1.75. The average Bonchev–Trinajstić information content (AvgIpc) is 2.68. The molecule has 2 heterocycles. The van der Waals surface area contributed by atoms with E-state index in [1.54, 1.807) is 16.7 Å². The van der Waals surface area contributed by atoms with Crippen LogP contribution < -0.4 is 11.0 Å². The van der Waals surface area contributed by atoms with Crippen LogP contribution >= 0.6 is 0 Å². The van der Waals surface area contributed by atoms with E-state index in [0.29, 0.717) is 11.0 Å². The van der Waals surface area contributed by atoms with Crippen molar-refractivity contribution in [1.29, 1.82) is 0 Å². The molecule has 1 aliphatic heterocycles. The maximum Gasteiger partial charge on any atom is 0.326 e. The Bertz CT molecular complexity index is 593. The molecule has 1 saturated heterocycles. The molecule has 5 heteroatoms. The Morgan fingerprint density at radius 1 is 1.29 bits per heavy atom. The Labute approximate surface area is 98.1 Å². The summed E-state index contributed by atoms with van der Waals surface area (Å²) in [6.45, 7) is 1.83. The van der Waals surface area contributed by atoms with Gasteiger partial charge in [0.1, 0.15) is 11.3 Å². The van der Waals surface area contributed by atoms with E-state index in [2.05, 4.69) is 10.3 Å². The molecular formula is C12H15N3O2. The SMILES string of the molecule is O=c1[nH]c2cccc(O)c2n1C1CCNCC1. The quantitative estimate of drug-likeness (QED) is 0.687. The van der Waals surface area contributed by atoms with Crippen LogP contribution in [0.25, 0.3) is 11.0 Å². The number of piperidine rings is 1. The van der Waals surface area contributed by atoms with Crippen LogP contribution in [-0.2, 0) is 0 Å². The molecule has 0 bridgehead atoms. The third-order valence-corrected chi connectivity index (χ3v) is 3.39. The van der Waals surface area contributed by atoms with E-state index in [1.807, 2.05) is 6.07 Å². The first-order valence-corrected chi connectivity index (χ1v) is 5.90. The molecule has 3 N–H and O–H groups in total. The van der Waals surface area contributed by atoms with Gasteiger partial charge in [0.05, 0.1) is 5.52 Å². The van der Waals surface area contributed by atoms with Gasteiger partial charge in [-0.3, -0.25) is 4.57 Å². The fraction of sp³-hybridized carbons (Fsp3) is 0.417. The molecule has 3 rings (SSSR count). The van der Waals surface area contributed by atoms with Crippen molar-refractivity contribution in [1.82, 2.24) is 14.9 Å². The van der Waals surface area contributed by atoms with E-state index in [9.17, 15) is 9.90 Å². The number of H-pyrrole nitrogens is 1. The van der Waals surface area contributed by atoms with Gasteiger partial charge in [-0.1, -0.05) is 6.07 Å². The van der Waals surface area contributed by atoms with E-state index in [0.717, 1.165) is 25.9 Å². The minimum absolute atomic E-state index is 0.131. The maximum absolute atomic E-state index is 12.0. The van der Waals surface area contributed by atoms with Crippen LogP contribution in [0, 0.1) is 0 Å². The van der Waals surface area contributed by atoms with Crippen molar-refractivity contribution in [2.45, 2.75) is 18.9 Å². The molecule has 0 amide bonds. The second kappa shape index (κ2) is 3.92. The van der Waals surface area contributed by atoms with Crippen LogP contribution in [0.15, 0.2) is 23.0 Å². The Kier molecular flexibility index (Phi) is 2.40. The maximum atomic E-state index is 12.0. The monoisotopic (exact) mass is 233 g/mol. The predicted molar refractivity (Wildman–Crippen MR) is 65.4 cm³/mol. The largest absolute Gasteiger partial charge is 0.506 e. The minimum atomic E-state index is -0.131. The first kappa shape index (κ1) is 10.4. The van der Waals surface area contributed by atoms with Crippen LogP contribution in [-0.4, -0.2) is 27.7 Å². The summed E-state index contributed by atoms with van der Waals surface area (Å²) >= 11 is 0. The molecule has 0 atom stereocenters. The zero-order valence-electron chi connectivity index (χ0n) is 9.44. The Morgan fingerprint density at radius 2 is 2.06 bits per heavy atom. The number of fused-ring (bicyclic) bond motifs is 1. The van der Waals surface area contributed by atoms with E-state index in [-0.39, 0.29) is 17.5 Å². The highest BCUT2D eigenvalue weighted by atomic mass is 16.3. The summed E-state index contributed by atoms with van der Waals surface area (Å²) < 4.78 is 1.70. The second-order valence-electron chi connectivity index (χ2n) is 4.45. The van der Waals surface area contributed by atoms with Crippen molar-refractivity contribution in [3.05, 3.63) is 28.7 Å². The molecule has 1 aliphatic rings. The summed E-state index contributed by atoms with van der Waals surface area (Å²) in [5, 5.41) is 13.2. The summed E-state index contributed by atoms with van der Waals surface area (Å²) in [5.41, 5.74) is 1.20. The molecule has 2 aromatic rings. The number of phenolic OH excluding ortho intramolecular Hbond substituents is 1. The number of hydrogen-bond acceptors (Lipinski definition) is 3. The number of aromatic nitrogens is 2. The first-order chi connectivity index (χ1) is 8.27. The Balaban J connectivity index is 2.20. The smallest absolute Gasteiger partial charge is 0.326 e. The van der Waals surface area contributed by atoms with Crippen molar-refractivity contribution in [3.63, 3.8) is 0 Å². The van der Waals surface area contributed by atoms with Crippen molar-refractivity contribution in [2.24, 2.45) is 0 Å². The lowest BCUT2D eigenvalue weighted by Crippen LogP contribution is -2.33. The molecule has 0 saturated carbocycles. The van der Waals surface area contributed by atoms with Crippen molar-refractivity contribution >= 4 is 11.0 Å². The number of rotatable bonds is 1. The lowest BCUT2D eigenvalue weighted by atomic mass is 10.1. The summed E-state index contributed by atoms with van der Waals surface area (Å²) in [7, 11) is 0. The summed E-state index contributed by atoms with van der Waals surface area (Å²) in [6.07, 6.45) is 1.84. The van der Waals surface area contributed by atoms with Gasteiger partial charge < -0.3 is 15.4 Å². The van der Waals surface area contributed by atoms with Crippen LogP contribution in [0.4, 0.5) is 0 Å². The zero-order valence-corrected chi connectivity index (χ0v) is 9.44. The number of aromatic hydroxyl groups is 1. The molecule has 5 nitrogen and oxygen atoms in total. The second-order valence-corrected chi connectivity index (χ2v) is 4.45. The van der Waals surface area contributed by atoms with Crippen molar-refractivity contribution in [3.8, 4) is 5.75 Å². The fourth-order valence-electron chi connectivity index (χ4n) is 2.58. The molecule has 1 aromatic heterocycles. The summed E-state index contributed by atoms with van der Waals surface area (Å²) in [4.78, 5) is 14.8. The number of hydrogen-bond donors (Lipinski definition) is 3. The van der Waals surface area contributed by atoms with Gasteiger partial charge in [-0.25, -0.2) is 4.79 Å². The normalized spacial score (nSPS) is 17.6. The van der Waals surface area contributed by atoms with Gasteiger partial charge in [0.15, 0.2) is 0 Å².